The highest BCUT2D eigenvalue weighted by Crippen LogP contribution is 2.25. The van der Waals surface area contributed by atoms with Crippen LogP contribution in [-0.4, -0.2) is 50.9 Å². The Labute approximate surface area is 155 Å². The molecule has 1 aromatic carbocycles. The number of rotatable bonds is 8. The Morgan fingerprint density at radius 1 is 1.31 bits per heavy atom. The Balaban J connectivity index is 1.90. The van der Waals surface area contributed by atoms with Crippen molar-refractivity contribution in [2.24, 2.45) is 11.7 Å². The number of hydrogen-bond acceptors (Lipinski definition) is 5. The summed E-state index contributed by atoms with van der Waals surface area (Å²) in [5.41, 5.74) is 5.67. The van der Waals surface area contributed by atoms with E-state index in [2.05, 4.69) is 5.32 Å². The summed E-state index contributed by atoms with van der Waals surface area (Å²) in [6, 6.07) is 6.50. The van der Waals surface area contributed by atoms with Crippen molar-refractivity contribution < 1.29 is 17.9 Å². The zero-order valence-corrected chi connectivity index (χ0v) is 16.3. The topological polar surface area (TPSA) is 102 Å². The molecule has 1 aliphatic rings. The smallest absolute Gasteiger partial charge is 0.243 e. The Kier molecular flexibility index (Phi) is 7.43. The quantitative estimate of drug-likeness (QED) is 0.705. The normalized spacial score (nSPS) is 17.7. The number of amides is 1. The Morgan fingerprint density at radius 3 is 2.46 bits per heavy atom. The highest BCUT2D eigenvalue weighted by Gasteiger charge is 2.31. The summed E-state index contributed by atoms with van der Waals surface area (Å²) in [7, 11) is -3.54. The van der Waals surface area contributed by atoms with Gasteiger partial charge in [-0.2, -0.15) is 4.31 Å². The van der Waals surface area contributed by atoms with Crippen LogP contribution in [0.1, 0.15) is 33.1 Å². The molecule has 146 valence electrons. The number of sulfonamides is 1. The van der Waals surface area contributed by atoms with Crippen LogP contribution in [0.3, 0.4) is 0 Å². The molecule has 1 heterocycles. The van der Waals surface area contributed by atoms with Crippen LogP contribution in [0.5, 0.6) is 5.75 Å². The van der Waals surface area contributed by atoms with E-state index in [0.29, 0.717) is 44.8 Å². The monoisotopic (exact) mass is 383 g/mol. The molecule has 1 aromatic rings. The minimum atomic E-state index is -3.54. The van der Waals surface area contributed by atoms with Crippen LogP contribution in [0, 0.1) is 5.92 Å². The van der Waals surface area contributed by atoms with E-state index in [1.54, 1.807) is 24.3 Å². The summed E-state index contributed by atoms with van der Waals surface area (Å²) in [5.74, 6) is 0.493. The average molecular weight is 384 g/mol. The number of hydrogen-bond donors (Lipinski definition) is 2. The SMILES string of the molecule is CCOc1ccc(S(=O)(=O)N2CCC(C(=O)NCCC(C)N)CC2)cc1. The van der Waals surface area contributed by atoms with Gasteiger partial charge in [-0.25, -0.2) is 8.42 Å². The summed E-state index contributed by atoms with van der Waals surface area (Å²) in [4.78, 5) is 12.4. The third kappa shape index (κ3) is 5.43. The fraction of sp³-hybridized carbons (Fsp3) is 0.611. The average Bonchev–Trinajstić information content (AvgIpc) is 2.62. The van der Waals surface area contributed by atoms with Crippen LogP contribution in [-0.2, 0) is 14.8 Å². The standard InChI is InChI=1S/C18H29N3O4S/c1-3-25-16-4-6-17(7-5-16)26(23,24)21-12-9-15(10-13-21)18(22)20-11-8-14(2)19/h4-7,14-15H,3,8-13,19H2,1-2H3,(H,20,22). The van der Waals surface area contributed by atoms with E-state index >= 15 is 0 Å². The second kappa shape index (κ2) is 9.34. The molecular weight excluding hydrogens is 354 g/mol. The zero-order valence-electron chi connectivity index (χ0n) is 15.5. The third-order valence-electron chi connectivity index (χ3n) is 4.50. The van der Waals surface area contributed by atoms with Gasteiger partial charge in [0.05, 0.1) is 11.5 Å². The third-order valence-corrected chi connectivity index (χ3v) is 6.41. The Morgan fingerprint density at radius 2 is 1.92 bits per heavy atom. The van der Waals surface area contributed by atoms with Gasteiger partial charge in [0.15, 0.2) is 0 Å². The maximum Gasteiger partial charge on any atom is 0.243 e. The minimum Gasteiger partial charge on any atom is -0.494 e. The molecule has 1 saturated heterocycles. The second-order valence-corrected chi connectivity index (χ2v) is 8.58. The lowest BCUT2D eigenvalue weighted by Gasteiger charge is -2.30. The number of carbonyl (C=O) groups excluding carboxylic acids is 1. The van der Waals surface area contributed by atoms with Crippen molar-refractivity contribution in [2.45, 2.75) is 44.0 Å². The van der Waals surface area contributed by atoms with Crippen LogP contribution in [0.4, 0.5) is 0 Å². The van der Waals surface area contributed by atoms with Crippen molar-refractivity contribution in [3.05, 3.63) is 24.3 Å². The van der Waals surface area contributed by atoms with E-state index < -0.39 is 10.0 Å². The molecule has 7 nitrogen and oxygen atoms in total. The number of nitrogens with zero attached hydrogens (tertiary/aromatic N) is 1. The van der Waals surface area contributed by atoms with Crippen molar-refractivity contribution in [3.63, 3.8) is 0 Å². The molecule has 1 atom stereocenters. The molecule has 0 bridgehead atoms. The predicted molar refractivity (Wildman–Crippen MR) is 100 cm³/mol. The molecule has 0 spiro atoms. The maximum atomic E-state index is 12.8. The molecule has 3 N–H and O–H groups in total. The van der Waals surface area contributed by atoms with E-state index in [0.717, 1.165) is 6.42 Å². The lowest BCUT2D eigenvalue weighted by molar-refractivity contribution is -0.126. The molecular formula is C18H29N3O4S. The minimum absolute atomic E-state index is 0.0104. The van der Waals surface area contributed by atoms with E-state index in [1.165, 1.54) is 4.31 Å². The first kappa shape index (κ1) is 20.7. The summed E-state index contributed by atoms with van der Waals surface area (Å²) in [6.07, 6.45) is 1.79. The summed E-state index contributed by atoms with van der Waals surface area (Å²) < 4.78 is 32.3. The molecule has 1 fully saturated rings. The number of nitrogens with two attached hydrogens (primary N) is 1. The van der Waals surface area contributed by atoms with E-state index in [4.69, 9.17) is 10.5 Å². The number of ether oxygens (including phenoxy) is 1. The first-order valence-corrected chi connectivity index (χ1v) is 10.5. The van der Waals surface area contributed by atoms with Crippen molar-refractivity contribution in [1.82, 2.24) is 9.62 Å². The molecule has 0 aliphatic carbocycles. The number of nitrogens with one attached hydrogen (secondary N) is 1. The van der Waals surface area contributed by atoms with Crippen molar-refractivity contribution in [1.29, 1.82) is 0 Å². The Hall–Kier alpha value is -1.64. The second-order valence-electron chi connectivity index (χ2n) is 6.64. The number of piperidine rings is 1. The van der Waals surface area contributed by atoms with Gasteiger partial charge in [-0.05, 0) is 57.4 Å². The van der Waals surface area contributed by atoms with E-state index in [9.17, 15) is 13.2 Å². The molecule has 0 radical (unpaired) electrons. The van der Waals surface area contributed by atoms with Crippen molar-refractivity contribution >= 4 is 15.9 Å². The molecule has 1 unspecified atom stereocenters. The summed E-state index contributed by atoms with van der Waals surface area (Å²) in [5, 5.41) is 2.89. The fourth-order valence-corrected chi connectivity index (χ4v) is 4.42. The molecule has 1 aliphatic heterocycles. The number of carbonyl (C=O) groups is 1. The van der Waals surface area contributed by atoms with Crippen LogP contribution in [0.25, 0.3) is 0 Å². The van der Waals surface area contributed by atoms with Crippen LogP contribution >= 0.6 is 0 Å². The molecule has 0 saturated carbocycles. The van der Waals surface area contributed by atoms with Gasteiger partial charge in [-0.15, -0.1) is 0 Å². The van der Waals surface area contributed by atoms with Crippen LogP contribution < -0.4 is 15.8 Å². The van der Waals surface area contributed by atoms with Gasteiger partial charge in [0.1, 0.15) is 5.75 Å². The first-order valence-electron chi connectivity index (χ1n) is 9.11. The lowest BCUT2D eigenvalue weighted by atomic mass is 9.97. The van der Waals surface area contributed by atoms with Gasteiger partial charge in [0.25, 0.3) is 0 Å². The summed E-state index contributed by atoms with van der Waals surface area (Å²) in [6.45, 7) is 5.56. The Bertz CT molecular complexity index is 681. The van der Waals surface area contributed by atoms with Gasteiger partial charge in [-0.3, -0.25) is 4.79 Å². The van der Waals surface area contributed by atoms with Crippen LogP contribution in [0.2, 0.25) is 0 Å². The van der Waals surface area contributed by atoms with Crippen LogP contribution in [0.15, 0.2) is 29.2 Å². The van der Waals surface area contributed by atoms with E-state index in [1.807, 2.05) is 13.8 Å². The van der Waals surface area contributed by atoms with Gasteiger partial charge in [0, 0.05) is 31.6 Å². The molecule has 1 amide bonds. The predicted octanol–water partition coefficient (Wildman–Crippen LogP) is 1.34. The van der Waals surface area contributed by atoms with Gasteiger partial charge >= 0.3 is 0 Å². The van der Waals surface area contributed by atoms with Crippen molar-refractivity contribution in [3.8, 4) is 5.75 Å². The molecule has 8 heteroatoms. The highest BCUT2D eigenvalue weighted by molar-refractivity contribution is 7.89. The van der Waals surface area contributed by atoms with E-state index in [-0.39, 0.29) is 22.8 Å². The molecule has 0 aromatic heterocycles. The first-order chi connectivity index (χ1) is 12.3. The molecule has 2 rings (SSSR count). The number of benzene rings is 1. The van der Waals surface area contributed by atoms with Crippen molar-refractivity contribution in [2.75, 3.05) is 26.2 Å². The fourth-order valence-electron chi connectivity index (χ4n) is 2.95. The van der Waals surface area contributed by atoms with Gasteiger partial charge in [-0.1, -0.05) is 0 Å². The molecule has 26 heavy (non-hydrogen) atoms. The maximum absolute atomic E-state index is 12.8. The largest absolute Gasteiger partial charge is 0.494 e. The zero-order chi connectivity index (χ0) is 19.2. The highest BCUT2D eigenvalue weighted by atomic mass is 32.2. The van der Waals surface area contributed by atoms with Gasteiger partial charge < -0.3 is 15.8 Å². The lowest BCUT2D eigenvalue weighted by Crippen LogP contribution is -2.43. The summed E-state index contributed by atoms with van der Waals surface area (Å²) >= 11 is 0. The van der Waals surface area contributed by atoms with Gasteiger partial charge in [0.2, 0.25) is 15.9 Å².